The minimum atomic E-state index is 0.225. The molecule has 2 rings (SSSR count). The predicted molar refractivity (Wildman–Crippen MR) is 79.1 cm³/mol. The highest BCUT2D eigenvalue weighted by molar-refractivity contribution is 5.50. The van der Waals surface area contributed by atoms with E-state index < -0.39 is 0 Å². The van der Waals surface area contributed by atoms with Crippen LogP contribution < -0.4 is 10.2 Å². The SMILES string of the molecule is CCNc1cc(N(C)C2CCOC2C)nc(COC)n1. The zero-order valence-corrected chi connectivity index (χ0v) is 12.7. The van der Waals surface area contributed by atoms with Crippen molar-refractivity contribution in [3.8, 4) is 0 Å². The van der Waals surface area contributed by atoms with Gasteiger partial charge in [0.05, 0.1) is 12.1 Å². The molecule has 2 heterocycles. The third-order valence-corrected chi connectivity index (χ3v) is 3.59. The fraction of sp³-hybridized carbons (Fsp3) is 0.714. The van der Waals surface area contributed by atoms with E-state index in [4.69, 9.17) is 9.47 Å². The van der Waals surface area contributed by atoms with Crippen molar-refractivity contribution in [2.45, 2.75) is 39.0 Å². The van der Waals surface area contributed by atoms with Gasteiger partial charge in [-0.2, -0.15) is 0 Å². The molecule has 6 heteroatoms. The standard InChI is InChI=1S/C14H24N4O2/c1-5-15-12-8-14(17-13(16-12)9-19-4)18(3)11-6-7-20-10(11)2/h8,10-11H,5-7,9H2,1-4H3,(H,15,16,17). The average Bonchev–Trinajstić information content (AvgIpc) is 2.84. The zero-order chi connectivity index (χ0) is 14.5. The molecular weight excluding hydrogens is 256 g/mol. The van der Waals surface area contributed by atoms with Crippen molar-refractivity contribution >= 4 is 11.6 Å². The Morgan fingerprint density at radius 2 is 2.30 bits per heavy atom. The van der Waals surface area contributed by atoms with Crippen molar-refractivity contribution in [3.05, 3.63) is 11.9 Å². The summed E-state index contributed by atoms with van der Waals surface area (Å²) in [6.45, 7) is 6.21. The van der Waals surface area contributed by atoms with Gasteiger partial charge in [0.25, 0.3) is 0 Å². The molecule has 0 aliphatic carbocycles. The van der Waals surface area contributed by atoms with Crippen LogP contribution in [0.4, 0.5) is 11.6 Å². The second kappa shape index (κ2) is 6.85. The summed E-state index contributed by atoms with van der Waals surface area (Å²) in [6, 6.07) is 2.34. The second-order valence-electron chi connectivity index (χ2n) is 5.03. The topological polar surface area (TPSA) is 59.5 Å². The highest BCUT2D eigenvalue weighted by atomic mass is 16.5. The summed E-state index contributed by atoms with van der Waals surface area (Å²) in [4.78, 5) is 11.2. The quantitative estimate of drug-likeness (QED) is 0.855. The molecule has 1 fully saturated rings. The lowest BCUT2D eigenvalue weighted by Gasteiger charge is -2.28. The maximum Gasteiger partial charge on any atom is 0.158 e. The monoisotopic (exact) mass is 280 g/mol. The summed E-state index contributed by atoms with van der Waals surface area (Å²) in [7, 11) is 3.71. The molecular formula is C14H24N4O2. The lowest BCUT2D eigenvalue weighted by molar-refractivity contribution is 0.118. The van der Waals surface area contributed by atoms with Gasteiger partial charge in [-0.3, -0.25) is 0 Å². The van der Waals surface area contributed by atoms with Crippen molar-refractivity contribution < 1.29 is 9.47 Å². The molecule has 0 amide bonds. The second-order valence-corrected chi connectivity index (χ2v) is 5.03. The maximum atomic E-state index is 5.64. The fourth-order valence-corrected chi connectivity index (χ4v) is 2.53. The molecule has 0 aromatic carbocycles. The molecule has 1 saturated heterocycles. The first kappa shape index (κ1) is 15.0. The van der Waals surface area contributed by atoms with Gasteiger partial charge in [-0.25, -0.2) is 9.97 Å². The van der Waals surface area contributed by atoms with Crippen LogP contribution in [0.3, 0.4) is 0 Å². The van der Waals surface area contributed by atoms with E-state index in [9.17, 15) is 0 Å². The number of hydrogen-bond acceptors (Lipinski definition) is 6. The van der Waals surface area contributed by atoms with E-state index in [2.05, 4.69) is 34.2 Å². The van der Waals surface area contributed by atoms with E-state index in [-0.39, 0.29) is 6.10 Å². The molecule has 1 N–H and O–H groups in total. The summed E-state index contributed by atoms with van der Waals surface area (Å²) in [5.74, 6) is 2.44. The summed E-state index contributed by atoms with van der Waals surface area (Å²) >= 11 is 0. The molecule has 1 aliphatic heterocycles. The van der Waals surface area contributed by atoms with Crippen LogP contribution in [0.5, 0.6) is 0 Å². The lowest BCUT2D eigenvalue weighted by Crippen LogP contribution is -2.37. The number of anilines is 2. The Hall–Kier alpha value is -1.40. The van der Waals surface area contributed by atoms with Gasteiger partial charge in [-0.05, 0) is 20.3 Å². The Bertz CT molecular complexity index is 417. The summed E-state index contributed by atoms with van der Waals surface area (Å²) in [6.07, 6.45) is 1.25. The number of nitrogens with one attached hydrogen (secondary N) is 1. The van der Waals surface area contributed by atoms with Crippen LogP contribution >= 0.6 is 0 Å². The summed E-state index contributed by atoms with van der Waals surface area (Å²) in [5.41, 5.74) is 0. The number of methoxy groups -OCH3 is 1. The van der Waals surface area contributed by atoms with Crippen LogP contribution in [0.15, 0.2) is 6.07 Å². The molecule has 20 heavy (non-hydrogen) atoms. The highest BCUT2D eigenvalue weighted by Crippen LogP contribution is 2.24. The predicted octanol–water partition coefficient (Wildman–Crippen LogP) is 1.67. The van der Waals surface area contributed by atoms with Gasteiger partial charge in [-0.15, -0.1) is 0 Å². The van der Waals surface area contributed by atoms with Gasteiger partial charge < -0.3 is 19.7 Å². The molecule has 2 unspecified atom stereocenters. The van der Waals surface area contributed by atoms with E-state index in [0.717, 1.165) is 31.2 Å². The van der Waals surface area contributed by atoms with Crippen molar-refractivity contribution in [2.75, 3.05) is 37.5 Å². The summed E-state index contributed by atoms with van der Waals surface area (Å²) in [5, 5.41) is 3.24. The first-order chi connectivity index (χ1) is 9.65. The van der Waals surface area contributed by atoms with Crippen LogP contribution in [-0.4, -0.2) is 49.4 Å². The van der Waals surface area contributed by atoms with Gasteiger partial charge >= 0.3 is 0 Å². The van der Waals surface area contributed by atoms with Gasteiger partial charge in [-0.1, -0.05) is 0 Å². The molecule has 0 saturated carbocycles. The van der Waals surface area contributed by atoms with E-state index in [1.165, 1.54) is 0 Å². The van der Waals surface area contributed by atoms with E-state index in [1.54, 1.807) is 7.11 Å². The smallest absolute Gasteiger partial charge is 0.158 e. The van der Waals surface area contributed by atoms with Gasteiger partial charge in [0, 0.05) is 33.4 Å². The Kier molecular flexibility index (Phi) is 5.14. The van der Waals surface area contributed by atoms with Crippen LogP contribution in [0, 0.1) is 0 Å². The molecule has 1 aliphatic rings. The molecule has 112 valence electrons. The molecule has 0 radical (unpaired) electrons. The third-order valence-electron chi connectivity index (χ3n) is 3.59. The number of hydrogen-bond donors (Lipinski definition) is 1. The van der Waals surface area contributed by atoms with Crippen LogP contribution in [0.25, 0.3) is 0 Å². The molecule has 0 bridgehead atoms. The van der Waals surface area contributed by atoms with Crippen LogP contribution in [0.1, 0.15) is 26.1 Å². The minimum absolute atomic E-state index is 0.225. The maximum absolute atomic E-state index is 5.64. The Morgan fingerprint density at radius 3 is 2.90 bits per heavy atom. The number of likely N-dealkylation sites (N-methyl/N-ethyl adjacent to an activating group) is 1. The highest BCUT2D eigenvalue weighted by Gasteiger charge is 2.29. The molecule has 1 aromatic rings. The number of ether oxygens (including phenoxy) is 2. The fourth-order valence-electron chi connectivity index (χ4n) is 2.53. The Labute approximate surface area is 120 Å². The summed E-state index contributed by atoms with van der Waals surface area (Å²) < 4.78 is 10.8. The molecule has 1 aromatic heterocycles. The Balaban J connectivity index is 2.24. The largest absolute Gasteiger partial charge is 0.377 e. The lowest BCUT2D eigenvalue weighted by atomic mass is 10.1. The average molecular weight is 280 g/mol. The van der Waals surface area contributed by atoms with E-state index in [1.807, 2.05) is 13.0 Å². The van der Waals surface area contributed by atoms with Crippen LogP contribution in [0.2, 0.25) is 0 Å². The van der Waals surface area contributed by atoms with Gasteiger partial charge in [0.15, 0.2) is 5.82 Å². The van der Waals surface area contributed by atoms with Crippen LogP contribution in [-0.2, 0) is 16.1 Å². The number of rotatable bonds is 6. The minimum Gasteiger partial charge on any atom is -0.377 e. The van der Waals surface area contributed by atoms with Crippen molar-refractivity contribution in [2.24, 2.45) is 0 Å². The van der Waals surface area contributed by atoms with Crippen molar-refractivity contribution in [1.82, 2.24) is 9.97 Å². The van der Waals surface area contributed by atoms with Crippen molar-refractivity contribution in [3.63, 3.8) is 0 Å². The first-order valence-electron chi connectivity index (χ1n) is 7.11. The first-order valence-corrected chi connectivity index (χ1v) is 7.11. The van der Waals surface area contributed by atoms with Gasteiger partial charge in [0.1, 0.15) is 18.2 Å². The normalized spacial score (nSPS) is 22.0. The van der Waals surface area contributed by atoms with E-state index in [0.29, 0.717) is 18.5 Å². The van der Waals surface area contributed by atoms with Crippen molar-refractivity contribution in [1.29, 1.82) is 0 Å². The molecule has 0 spiro atoms. The zero-order valence-electron chi connectivity index (χ0n) is 12.7. The molecule has 2 atom stereocenters. The Morgan fingerprint density at radius 1 is 1.50 bits per heavy atom. The third kappa shape index (κ3) is 3.37. The number of aromatic nitrogens is 2. The molecule has 6 nitrogen and oxygen atoms in total. The van der Waals surface area contributed by atoms with Gasteiger partial charge in [0.2, 0.25) is 0 Å². The van der Waals surface area contributed by atoms with E-state index >= 15 is 0 Å². The number of nitrogens with zero attached hydrogens (tertiary/aromatic N) is 3.